The monoisotopic (exact) mass is 498 g/mol. The zero-order valence-corrected chi connectivity index (χ0v) is 20.4. The number of hydrogen-bond donors (Lipinski definition) is 0. The third-order valence-corrected chi connectivity index (χ3v) is 6.86. The summed E-state index contributed by atoms with van der Waals surface area (Å²) in [6.45, 7) is 2.33. The van der Waals surface area contributed by atoms with Crippen LogP contribution in [0.25, 0.3) is 27.9 Å². The van der Waals surface area contributed by atoms with Crippen LogP contribution in [0, 0.1) is 0 Å². The van der Waals surface area contributed by atoms with Crippen LogP contribution in [-0.2, 0) is 0 Å². The van der Waals surface area contributed by atoms with Crippen LogP contribution in [0.15, 0.2) is 72.8 Å². The highest BCUT2D eigenvalue weighted by atomic mass is 35.5. The molecule has 1 fully saturated rings. The topological polar surface area (TPSA) is 75.9 Å². The second kappa shape index (κ2) is 9.13. The maximum absolute atomic E-state index is 13.2. The van der Waals surface area contributed by atoms with Crippen LogP contribution < -0.4 is 9.64 Å². The number of amides is 1. The lowest BCUT2D eigenvalue weighted by Gasteiger charge is -2.35. The minimum Gasteiger partial charge on any atom is -0.496 e. The van der Waals surface area contributed by atoms with Crippen molar-refractivity contribution in [2.45, 2.75) is 0 Å². The minimum atomic E-state index is -0.0372. The van der Waals surface area contributed by atoms with Crippen molar-refractivity contribution in [2.24, 2.45) is 0 Å². The molecule has 0 bridgehead atoms. The van der Waals surface area contributed by atoms with Gasteiger partial charge in [-0.25, -0.2) is 9.38 Å². The molecule has 3 aromatic carbocycles. The molecule has 9 heteroatoms. The Morgan fingerprint density at radius 2 is 1.61 bits per heavy atom. The van der Waals surface area contributed by atoms with Crippen LogP contribution >= 0.6 is 11.6 Å². The highest BCUT2D eigenvalue weighted by molar-refractivity contribution is 6.33. The van der Waals surface area contributed by atoms with E-state index in [1.54, 1.807) is 13.2 Å². The highest BCUT2D eigenvalue weighted by Gasteiger charge is 2.27. The number of aromatic nitrogens is 4. The van der Waals surface area contributed by atoms with E-state index in [-0.39, 0.29) is 5.91 Å². The summed E-state index contributed by atoms with van der Waals surface area (Å²) >= 11 is 6.54. The molecule has 6 rings (SSSR count). The predicted octanol–water partition coefficient (Wildman–Crippen LogP) is 4.57. The van der Waals surface area contributed by atoms with Crippen LogP contribution in [0.5, 0.6) is 5.75 Å². The number of carbonyl (C=O) groups excluding carboxylic acids is 1. The number of nitrogens with zero attached hydrogens (tertiary/aromatic N) is 6. The molecule has 1 aliphatic heterocycles. The second-order valence-corrected chi connectivity index (χ2v) is 8.98. The van der Waals surface area contributed by atoms with Gasteiger partial charge in [0.15, 0.2) is 11.5 Å². The molecule has 1 aliphatic rings. The molecule has 0 saturated carbocycles. The van der Waals surface area contributed by atoms with Gasteiger partial charge in [-0.15, -0.1) is 10.2 Å². The first-order chi connectivity index (χ1) is 17.7. The van der Waals surface area contributed by atoms with Gasteiger partial charge in [0.1, 0.15) is 5.75 Å². The Hall–Kier alpha value is -4.17. The number of halogens is 1. The summed E-state index contributed by atoms with van der Waals surface area (Å²) in [6, 6.07) is 22.8. The number of fused-ring (bicyclic) bond motifs is 3. The van der Waals surface area contributed by atoms with E-state index < -0.39 is 0 Å². The van der Waals surface area contributed by atoms with Crippen LogP contribution in [0.2, 0.25) is 5.02 Å². The van der Waals surface area contributed by atoms with Gasteiger partial charge in [-0.1, -0.05) is 48.0 Å². The number of anilines is 1. The Labute approximate surface area is 212 Å². The summed E-state index contributed by atoms with van der Waals surface area (Å²) in [4.78, 5) is 22.3. The number of ether oxygens (including phenoxy) is 1. The van der Waals surface area contributed by atoms with Gasteiger partial charge in [0.2, 0.25) is 5.95 Å². The fourth-order valence-corrected chi connectivity index (χ4v) is 4.92. The maximum Gasteiger partial charge on any atom is 0.257 e. The lowest BCUT2D eigenvalue weighted by atomic mass is 10.1. The lowest BCUT2D eigenvalue weighted by Crippen LogP contribution is -2.49. The molecule has 0 aliphatic carbocycles. The molecule has 3 heterocycles. The maximum atomic E-state index is 13.2. The normalized spacial score (nSPS) is 13.9. The van der Waals surface area contributed by atoms with Gasteiger partial charge >= 0.3 is 0 Å². The summed E-state index contributed by atoms with van der Waals surface area (Å²) in [5.74, 6) is 1.91. The molecule has 5 aromatic rings. The average molecular weight is 499 g/mol. The van der Waals surface area contributed by atoms with Gasteiger partial charge in [0.25, 0.3) is 5.91 Å². The highest BCUT2D eigenvalue weighted by Crippen LogP contribution is 2.32. The zero-order valence-electron chi connectivity index (χ0n) is 19.6. The van der Waals surface area contributed by atoms with Crippen molar-refractivity contribution in [3.8, 4) is 17.1 Å². The Balaban J connectivity index is 1.38. The minimum absolute atomic E-state index is 0.0372. The summed E-state index contributed by atoms with van der Waals surface area (Å²) < 4.78 is 7.37. The molecule has 0 spiro atoms. The van der Waals surface area contributed by atoms with E-state index in [1.165, 1.54) is 0 Å². The Bertz CT molecular complexity index is 1590. The van der Waals surface area contributed by atoms with E-state index in [0.717, 1.165) is 28.1 Å². The van der Waals surface area contributed by atoms with Gasteiger partial charge in [-0.2, -0.15) is 0 Å². The summed E-state index contributed by atoms with van der Waals surface area (Å²) in [7, 11) is 1.58. The molecule has 0 N–H and O–H groups in total. The molecular weight excluding hydrogens is 476 g/mol. The number of rotatable bonds is 4. The molecular formula is C27H23ClN6O2. The standard InChI is InChI=1S/C27H23ClN6O2/c1-36-23-13-7-4-10-20(23)26(35)32-14-16-33(17-15-32)27-29-22-12-6-3-9-19(22)25-31-30-24(34(25)27)18-8-2-5-11-21(18)28/h2-13H,14-17H2,1H3. The molecule has 0 unspecified atom stereocenters. The van der Waals surface area contributed by atoms with Crippen molar-refractivity contribution in [3.05, 3.63) is 83.4 Å². The number of methoxy groups -OCH3 is 1. The van der Waals surface area contributed by atoms with Gasteiger partial charge in [0, 0.05) is 37.1 Å². The van der Waals surface area contributed by atoms with E-state index in [2.05, 4.69) is 15.1 Å². The van der Waals surface area contributed by atoms with E-state index in [1.807, 2.05) is 76.0 Å². The fraction of sp³-hybridized carbons (Fsp3) is 0.185. The van der Waals surface area contributed by atoms with Crippen molar-refractivity contribution in [1.29, 1.82) is 0 Å². The Morgan fingerprint density at radius 1 is 0.889 bits per heavy atom. The summed E-state index contributed by atoms with van der Waals surface area (Å²) in [6.07, 6.45) is 0. The molecule has 180 valence electrons. The summed E-state index contributed by atoms with van der Waals surface area (Å²) in [5, 5.41) is 10.6. The van der Waals surface area contributed by atoms with E-state index >= 15 is 0 Å². The molecule has 1 saturated heterocycles. The van der Waals surface area contributed by atoms with Crippen LogP contribution in [0.4, 0.5) is 5.95 Å². The van der Waals surface area contributed by atoms with Gasteiger partial charge in [-0.05, 0) is 36.4 Å². The Kier molecular flexibility index (Phi) is 5.65. The third-order valence-electron chi connectivity index (χ3n) is 6.53. The SMILES string of the molecule is COc1ccccc1C(=O)N1CCN(c2nc3ccccc3c3nnc(-c4ccccc4Cl)n23)CC1. The first-order valence-corrected chi connectivity index (χ1v) is 12.1. The molecule has 36 heavy (non-hydrogen) atoms. The van der Waals surface area contributed by atoms with Gasteiger partial charge in [-0.3, -0.25) is 4.79 Å². The number of para-hydroxylation sites is 2. The second-order valence-electron chi connectivity index (χ2n) is 8.57. The number of carbonyl (C=O) groups is 1. The largest absolute Gasteiger partial charge is 0.496 e. The van der Waals surface area contributed by atoms with Crippen molar-refractivity contribution in [1.82, 2.24) is 24.5 Å². The number of benzene rings is 3. The first kappa shape index (κ1) is 22.3. The zero-order chi connectivity index (χ0) is 24.6. The number of hydrogen-bond acceptors (Lipinski definition) is 6. The first-order valence-electron chi connectivity index (χ1n) is 11.7. The van der Waals surface area contributed by atoms with E-state index in [0.29, 0.717) is 48.3 Å². The van der Waals surface area contributed by atoms with Gasteiger partial charge in [0.05, 0.1) is 23.2 Å². The molecule has 0 radical (unpaired) electrons. The quantitative estimate of drug-likeness (QED) is 0.361. The molecule has 1 amide bonds. The average Bonchev–Trinajstić information content (AvgIpc) is 3.38. The Morgan fingerprint density at radius 3 is 2.42 bits per heavy atom. The summed E-state index contributed by atoms with van der Waals surface area (Å²) in [5.41, 5.74) is 2.91. The van der Waals surface area contributed by atoms with E-state index in [4.69, 9.17) is 21.3 Å². The van der Waals surface area contributed by atoms with E-state index in [9.17, 15) is 4.79 Å². The fourth-order valence-electron chi connectivity index (χ4n) is 4.70. The van der Waals surface area contributed by atoms with Crippen LogP contribution in [-0.4, -0.2) is 63.7 Å². The van der Waals surface area contributed by atoms with Crippen molar-refractivity contribution in [3.63, 3.8) is 0 Å². The lowest BCUT2D eigenvalue weighted by molar-refractivity contribution is 0.0743. The van der Waals surface area contributed by atoms with Crippen LogP contribution in [0.1, 0.15) is 10.4 Å². The van der Waals surface area contributed by atoms with Crippen molar-refractivity contribution in [2.75, 3.05) is 38.2 Å². The molecule has 8 nitrogen and oxygen atoms in total. The van der Waals surface area contributed by atoms with Crippen molar-refractivity contribution >= 4 is 40.0 Å². The third kappa shape index (κ3) is 3.70. The predicted molar refractivity (Wildman–Crippen MR) is 140 cm³/mol. The molecule has 0 atom stereocenters. The van der Waals surface area contributed by atoms with Crippen LogP contribution in [0.3, 0.4) is 0 Å². The molecule has 2 aromatic heterocycles. The van der Waals surface area contributed by atoms with Crippen molar-refractivity contribution < 1.29 is 9.53 Å². The van der Waals surface area contributed by atoms with Gasteiger partial charge < -0.3 is 14.5 Å². The smallest absolute Gasteiger partial charge is 0.257 e. The number of piperazine rings is 1.